The fourth-order valence-electron chi connectivity index (χ4n) is 3.75. The van der Waals surface area contributed by atoms with Gasteiger partial charge in [0, 0.05) is 24.1 Å². The molecule has 0 aliphatic carbocycles. The molecule has 0 unspecified atom stereocenters. The molecule has 2 nitrogen and oxygen atoms in total. The molecule has 1 aliphatic rings. The molecule has 28 heavy (non-hydrogen) atoms. The molecule has 0 amide bonds. The average Bonchev–Trinajstić information content (AvgIpc) is 3.06. The lowest BCUT2D eigenvalue weighted by atomic mass is 10.0. The van der Waals surface area contributed by atoms with E-state index in [0.29, 0.717) is 0 Å². The Labute approximate surface area is 169 Å². The predicted octanol–water partition coefficient (Wildman–Crippen LogP) is 5.87. The molecule has 5 rings (SSSR count). The highest BCUT2D eigenvalue weighted by molar-refractivity contribution is 8.03. The van der Waals surface area contributed by atoms with Gasteiger partial charge in [0.15, 0.2) is 6.20 Å². The molecule has 2 heterocycles. The van der Waals surface area contributed by atoms with E-state index in [0.717, 1.165) is 0 Å². The third kappa shape index (κ3) is 2.88. The number of anilines is 1. The van der Waals surface area contributed by atoms with Crippen molar-refractivity contribution in [1.29, 1.82) is 0 Å². The zero-order valence-electron chi connectivity index (χ0n) is 16.0. The van der Waals surface area contributed by atoms with E-state index in [-0.39, 0.29) is 0 Å². The second kappa shape index (κ2) is 6.84. The van der Waals surface area contributed by atoms with Gasteiger partial charge in [-0.3, -0.25) is 0 Å². The highest BCUT2D eigenvalue weighted by Crippen LogP contribution is 2.45. The Morgan fingerprint density at radius 1 is 0.857 bits per heavy atom. The van der Waals surface area contributed by atoms with E-state index in [2.05, 4.69) is 115 Å². The van der Waals surface area contributed by atoms with Crippen molar-refractivity contribution < 1.29 is 4.57 Å². The normalized spacial score (nSPS) is 14.6. The molecular weight excluding hydrogens is 360 g/mol. The lowest BCUT2D eigenvalue weighted by Gasteiger charge is -2.13. The molecule has 0 atom stereocenters. The van der Waals surface area contributed by atoms with Crippen molar-refractivity contribution in [1.82, 2.24) is 0 Å². The molecule has 0 saturated heterocycles. The first-order chi connectivity index (χ1) is 13.7. The zero-order valence-corrected chi connectivity index (χ0v) is 16.8. The summed E-state index contributed by atoms with van der Waals surface area (Å²) in [5, 5.41) is 2.52. The second-order valence-electron chi connectivity index (χ2n) is 7.09. The second-order valence-corrected chi connectivity index (χ2v) is 8.15. The molecule has 0 N–H and O–H groups in total. The Balaban J connectivity index is 1.65. The van der Waals surface area contributed by atoms with Gasteiger partial charge in [0.25, 0.3) is 0 Å². The standard InChI is InChI=1S/C25H21N2S/c1-26-15-14-20(17-25-27(2)23-10-6-7-11-24(23)28-25)21-16-19(12-13-22(21)26)18-8-4-3-5-9-18/h3-17H,1-2H3/q+1. The number of para-hydroxylation sites is 1. The van der Waals surface area contributed by atoms with Crippen molar-refractivity contribution in [3.63, 3.8) is 0 Å². The third-order valence-electron chi connectivity index (χ3n) is 5.32. The molecule has 3 aromatic carbocycles. The summed E-state index contributed by atoms with van der Waals surface area (Å²) in [6.07, 6.45) is 4.45. The zero-order chi connectivity index (χ0) is 19.1. The number of benzene rings is 3. The molecule has 3 heteroatoms. The van der Waals surface area contributed by atoms with Crippen LogP contribution in [0.4, 0.5) is 5.69 Å². The summed E-state index contributed by atoms with van der Waals surface area (Å²) in [5.41, 5.74) is 6.24. The van der Waals surface area contributed by atoms with Gasteiger partial charge in [0.2, 0.25) is 5.52 Å². The average molecular weight is 382 g/mol. The van der Waals surface area contributed by atoms with Crippen LogP contribution in [0.25, 0.3) is 28.1 Å². The molecule has 0 bridgehead atoms. The molecule has 1 aromatic heterocycles. The topological polar surface area (TPSA) is 7.12 Å². The van der Waals surface area contributed by atoms with Crippen LogP contribution in [-0.4, -0.2) is 7.05 Å². The Morgan fingerprint density at radius 3 is 2.46 bits per heavy atom. The van der Waals surface area contributed by atoms with Crippen LogP contribution in [0.1, 0.15) is 5.56 Å². The number of nitrogens with zero attached hydrogens (tertiary/aromatic N) is 2. The van der Waals surface area contributed by atoms with Crippen LogP contribution in [0.2, 0.25) is 0 Å². The number of thioether (sulfide) groups is 1. The Hall–Kier alpha value is -3.04. The van der Waals surface area contributed by atoms with Crippen LogP contribution in [0.5, 0.6) is 0 Å². The van der Waals surface area contributed by atoms with Gasteiger partial charge in [-0.15, -0.1) is 0 Å². The maximum atomic E-state index is 2.31. The van der Waals surface area contributed by atoms with Crippen molar-refractivity contribution in [2.45, 2.75) is 4.90 Å². The maximum absolute atomic E-state index is 2.31. The number of aromatic nitrogens is 1. The summed E-state index contributed by atoms with van der Waals surface area (Å²) in [6, 6.07) is 28.1. The van der Waals surface area contributed by atoms with E-state index in [1.807, 2.05) is 11.8 Å². The number of rotatable bonds is 2. The third-order valence-corrected chi connectivity index (χ3v) is 6.49. The van der Waals surface area contributed by atoms with E-state index in [4.69, 9.17) is 0 Å². The lowest BCUT2D eigenvalue weighted by molar-refractivity contribution is -0.644. The Bertz CT molecular complexity index is 1210. The summed E-state index contributed by atoms with van der Waals surface area (Å²) in [6.45, 7) is 0. The van der Waals surface area contributed by atoms with E-state index < -0.39 is 0 Å². The Kier molecular flexibility index (Phi) is 4.18. The molecular formula is C25H21N2S+. The van der Waals surface area contributed by atoms with Crippen molar-refractivity contribution >= 4 is 34.4 Å². The minimum absolute atomic E-state index is 1.23. The summed E-state index contributed by atoms with van der Waals surface area (Å²) in [5.74, 6) is 0. The quantitative estimate of drug-likeness (QED) is 0.401. The van der Waals surface area contributed by atoms with E-state index in [1.165, 1.54) is 43.2 Å². The van der Waals surface area contributed by atoms with E-state index in [1.54, 1.807) is 0 Å². The van der Waals surface area contributed by atoms with Crippen molar-refractivity contribution in [2.24, 2.45) is 7.05 Å². The fraction of sp³-hybridized carbons (Fsp3) is 0.0800. The predicted molar refractivity (Wildman–Crippen MR) is 119 cm³/mol. The molecule has 0 fully saturated rings. The highest BCUT2D eigenvalue weighted by Gasteiger charge is 2.22. The van der Waals surface area contributed by atoms with Gasteiger partial charge in [-0.1, -0.05) is 54.2 Å². The summed E-state index contributed by atoms with van der Waals surface area (Å²) in [4.78, 5) is 3.59. The highest BCUT2D eigenvalue weighted by atomic mass is 32.2. The SMILES string of the molecule is CN1/C(=C/c2cc[n+](C)c3ccc(-c4ccccc4)cc23)Sc2ccccc21. The first-order valence-corrected chi connectivity index (χ1v) is 10.2. The van der Waals surface area contributed by atoms with Gasteiger partial charge in [-0.2, -0.15) is 0 Å². The number of aryl methyl sites for hydroxylation is 1. The maximum Gasteiger partial charge on any atom is 0.212 e. The molecule has 4 aromatic rings. The monoisotopic (exact) mass is 381 g/mol. The molecule has 136 valence electrons. The van der Waals surface area contributed by atoms with Crippen LogP contribution >= 0.6 is 11.8 Å². The number of fused-ring (bicyclic) bond motifs is 2. The van der Waals surface area contributed by atoms with Gasteiger partial charge in [0.05, 0.1) is 16.1 Å². The summed E-state index contributed by atoms with van der Waals surface area (Å²) < 4.78 is 2.19. The van der Waals surface area contributed by atoms with Gasteiger partial charge in [-0.05, 0) is 47.0 Å². The van der Waals surface area contributed by atoms with Crippen LogP contribution in [-0.2, 0) is 7.05 Å². The fourth-order valence-corrected chi connectivity index (χ4v) is 4.86. The van der Waals surface area contributed by atoms with Crippen molar-refractivity contribution in [2.75, 3.05) is 11.9 Å². The van der Waals surface area contributed by atoms with Crippen LogP contribution in [0, 0.1) is 0 Å². The van der Waals surface area contributed by atoms with Gasteiger partial charge in [0.1, 0.15) is 7.05 Å². The van der Waals surface area contributed by atoms with Crippen LogP contribution in [0.15, 0.2) is 95.0 Å². The molecule has 1 aliphatic heterocycles. The first kappa shape index (κ1) is 17.1. The van der Waals surface area contributed by atoms with E-state index in [9.17, 15) is 0 Å². The summed E-state index contributed by atoms with van der Waals surface area (Å²) >= 11 is 1.83. The molecule has 0 spiro atoms. The van der Waals surface area contributed by atoms with Gasteiger partial charge < -0.3 is 4.90 Å². The number of pyridine rings is 1. The van der Waals surface area contributed by atoms with Gasteiger partial charge >= 0.3 is 0 Å². The first-order valence-electron chi connectivity index (χ1n) is 9.41. The summed E-state index contributed by atoms with van der Waals surface area (Å²) in [7, 11) is 4.25. The number of hydrogen-bond acceptors (Lipinski definition) is 2. The minimum Gasteiger partial charge on any atom is -0.338 e. The van der Waals surface area contributed by atoms with Crippen LogP contribution < -0.4 is 9.47 Å². The van der Waals surface area contributed by atoms with Gasteiger partial charge in [-0.25, -0.2) is 4.57 Å². The molecule has 0 radical (unpaired) electrons. The van der Waals surface area contributed by atoms with E-state index >= 15 is 0 Å². The van der Waals surface area contributed by atoms with Crippen molar-refractivity contribution in [3.05, 3.63) is 95.7 Å². The lowest BCUT2D eigenvalue weighted by Crippen LogP contribution is -2.28. The minimum atomic E-state index is 1.23. The number of hydrogen-bond donors (Lipinski definition) is 0. The Morgan fingerprint density at radius 2 is 1.64 bits per heavy atom. The van der Waals surface area contributed by atoms with Crippen molar-refractivity contribution in [3.8, 4) is 11.1 Å². The van der Waals surface area contributed by atoms with Crippen LogP contribution in [0.3, 0.4) is 0 Å². The smallest absolute Gasteiger partial charge is 0.212 e. The molecule has 0 saturated carbocycles. The largest absolute Gasteiger partial charge is 0.338 e.